The SMILES string of the molecule is CC1(c2ccc(OC(F)(F)F)cc2)NC(=O)N(Cc2cc(=O)n3ccccc3n2)C1=O. The van der Waals surface area contributed by atoms with E-state index in [-0.39, 0.29) is 23.4 Å². The summed E-state index contributed by atoms with van der Waals surface area (Å²) >= 11 is 0. The summed E-state index contributed by atoms with van der Waals surface area (Å²) in [6, 6.07) is 10.2. The van der Waals surface area contributed by atoms with Crippen LogP contribution in [0.2, 0.25) is 0 Å². The number of ether oxygens (including phenoxy) is 1. The van der Waals surface area contributed by atoms with Gasteiger partial charge in [-0.1, -0.05) is 18.2 Å². The summed E-state index contributed by atoms with van der Waals surface area (Å²) in [5, 5.41) is 2.55. The summed E-state index contributed by atoms with van der Waals surface area (Å²) in [5.74, 6) is -1.08. The van der Waals surface area contributed by atoms with Crippen LogP contribution in [0.5, 0.6) is 5.75 Å². The van der Waals surface area contributed by atoms with Crippen LogP contribution in [0.3, 0.4) is 0 Å². The molecule has 1 atom stereocenters. The molecular weight excluding hydrogens is 417 g/mol. The van der Waals surface area contributed by atoms with Gasteiger partial charge in [0.2, 0.25) is 0 Å². The van der Waals surface area contributed by atoms with Gasteiger partial charge in [-0.3, -0.25) is 18.9 Å². The second-order valence-electron chi connectivity index (χ2n) is 7.03. The van der Waals surface area contributed by atoms with E-state index in [0.717, 1.165) is 17.0 Å². The van der Waals surface area contributed by atoms with Crippen molar-refractivity contribution in [1.82, 2.24) is 19.6 Å². The molecule has 0 saturated carbocycles. The Morgan fingerprint density at radius 3 is 2.48 bits per heavy atom. The van der Waals surface area contributed by atoms with Crippen molar-refractivity contribution in [2.45, 2.75) is 25.4 Å². The maximum absolute atomic E-state index is 13.0. The average molecular weight is 432 g/mol. The number of aromatic nitrogens is 2. The average Bonchev–Trinajstić information content (AvgIpc) is 2.91. The van der Waals surface area contributed by atoms with Gasteiger partial charge in [-0.25, -0.2) is 9.78 Å². The normalized spacial score (nSPS) is 19.0. The minimum atomic E-state index is -4.84. The summed E-state index contributed by atoms with van der Waals surface area (Å²) < 4.78 is 42.2. The van der Waals surface area contributed by atoms with Crippen molar-refractivity contribution >= 4 is 17.6 Å². The molecule has 1 N–H and O–H groups in total. The first kappa shape index (κ1) is 20.4. The summed E-state index contributed by atoms with van der Waals surface area (Å²) in [7, 11) is 0. The van der Waals surface area contributed by atoms with Gasteiger partial charge < -0.3 is 10.1 Å². The predicted octanol–water partition coefficient (Wildman–Crippen LogP) is 2.56. The molecule has 0 spiro atoms. The largest absolute Gasteiger partial charge is 0.573 e. The zero-order valence-corrected chi connectivity index (χ0v) is 16.0. The smallest absolute Gasteiger partial charge is 0.406 e. The Bertz CT molecular complexity index is 1240. The minimum Gasteiger partial charge on any atom is -0.406 e. The Morgan fingerprint density at radius 1 is 1.10 bits per heavy atom. The number of nitrogens with one attached hydrogen (secondary N) is 1. The van der Waals surface area contributed by atoms with Gasteiger partial charge in [0.25, 0.3) is 11.5 Å². The van der Waals surface area contributed by atoms with Crippen LogP contribution in [0, 0.1) is 0 Å². The molecule has 2 aromatic heterocycles. The number of imide groups is 1. The van der Waals surface area contributed by atoms with E-state index in [0.29, 0.717) is 5.65 Å². The fourth-order valence-corrected chi connectivity index (χ4v) is 3.37. The van der Waals surface area contributed by atoms with Gasteiger partial charge in [-0.15, -0.1) is 13.2 Å². The number of nitrogens with zero attached hydrogens (tertiary/aromatic N) is 3. The molecule has 1 fully saturated rings. The first-order valence-corrected chi connectivity index (χ1v) is 9.04. The van der Waals surface area contributed by atoms with Crippen molar-refractivity contribution in [2.24, 2.45) is 0 Å². The number of carbonyl (C=O) groups excluding carboxylic acids is 2. The number of hydrogen-bond donors (Lipinski definition) is 1. The Balaban J connectivity index is 1.59. The fraction of sp³-hybridized carbons (Fsp3) is 0.200. The zero-order chi connectivity index (χ0) is 22.4. The van der Waals surface area contributed by atoms with E-state index in [1.165, 1.54) is 29.5 Å². The van der Waals surface area contributed by atoms with Crippen molar-refractivity contribution in [3.63, 3.8) is 0 Å². The van der Waals surface area contributed by atoms with E-state index in [1.807, 2.05) is 0 Å². The molecule has 0 bridgehead atoms. The molecule has 3 heterocycles. The summed E-state index contributed by atoms with van der Waals surface area (Å²) in [4.78, 5) is 43.0. The third kappa shape index (κ3) is 3.81. The van der Waals surface area contributed by atoms with Crippen LogP contribution in [0.1, 0.15) is 18.2 Å². The molecule has 8 nitrogen and oxygen atoms in total. The Labute approximate surface area is 172 Å². The molecule has 11 heteroatoms. The topological polar surface area (TPSA) is 93.0 Å². The molecule has 1 saturated heterocycles. The maximum atomic E-state index is 13.0. The van der Waals surface area contributed by atoms with Crippen molar-refractivity contribution in [3.8, 4) is 5.75 Å². The highest BCUT2D eigenvalue weighted by molar-refractivity contribution is 6.07. The van der Waals surface area contributed by atoms with Crippen LogP contribution >= 0.6 is 0 Å². The molecule has 1 aliphatic rings. The summed E-state index contributed by atoms with van der Waals surface area (Å²) in [6.07, 6.45) is -3.30. The van der Waals surface area contributed by atoms with E-state index in [1.54, 1.807) is 24.4 Å². The maximum Gasteiger partial charge on any atom is 0.573 e. The first-order chi connectivity index (χ1) is 14.6. The third-order valence-corrected chi connectivity index (χ3v) is 4.88. The molecule has 1 aromatic carbocycles. The Morgan fingerprint density at radius 2 is 1.81 bits per heavy atom. The number of fused-ring (bicyclic) bond motifs is 1. The van der Waals surface area contributed by atoms with Crippen LogP contribution < -0.4 is 15.6 Å². The van der Waals surface area contributed by atoms with Gasteiger partial charge in [0.1, 0.15) is 16.9 Å². The van der Waals surface area contributed by atoms with Crippen molar-refractivity contribution in [3.05, 3.63) is 76.3 Å². The number of halogens is 3. The van der Waals surface area contributed by atoms with Crippen molar-refractivity contribution < 1.29 is 27.5 Å². The third-order valence-electron chi connectivity index (χ3n) is 4.88. The highest BCUT2D eigenvalue weighted by Gasteiger charge is 2.49. The number of pyridine rings is 1. The van der Waals surface area contributed by atoms with Crippen molar-refractivity contribution in [1.29, 1.82) is 0 Å². The lowest BCUT2D eigenvalue weighted by Crippen LogP contribution is -2.40. The molecule has 0 radical (unpaired) electrons. The van der Waals surface area contributed by atoms with E-state index >= 15 is 0 Å². The molecule has 1 unspecified atom stereocenters. The van der Waals surface area contributed by atoms with Gasteiger partial charge in [-0.05, 0) is 36.8 Å². The lowest BCUT2D eigenvalue weighted by atomic mass is 9.92. The number of carbonyl (C=O) groups is 2. The fourth-order valence-electron chi connectivity index (χ4n) is 3.37. The quantitative estimate of drug-likeness (QED) is 0.640. The minimum absolute atomic E-state index is 0.220. The number of hydrogen-bond acceptors (Lipinski definition) is 5. The Kier molecular flexibility index (Phi) is 4.68. The number of alkyl halides is 3. The zero-order valence-electron chi connectivity index (χ0n) is 16.0. The molecule has 160 valence electrons. The number of urea groups is 1. The molecule has 3 amide bonds. The second kappa shape index (κ2) is 7.11. The van der Waals surface area contributed by atoms with Gasteiger partial charge in [0.05, 0.1) is 12.2 Å². The van der Waals surface area contributed by atoms with Gasteiger partial charge in [-0.2, -0.15) is 0 Å². The number of amides is 3. The van der Waals surface area contributed by atoms with Crippen LogP contribution in [0.15, 0.2) is 59.5 Å². The monoisotopic (exact) mass is 432 g/mol. The van der Waals surface area contributed by atoms with Crippen LogP contribution in [-0.2, 0) is 16.9 Å². The van der Waals surface area contributed by atoms with Crippen LogP contribution in [0.4, 0.5) is 18.0 Å². The first-order valence-electron chi connectivity index (χ1n) is 9.04. The second-order valence-corrected chi connectivity index (χ2v) is 7.03. The van der Waals surface area contributed by atoms with Crippen LogP contribution in [0.25, 0.3) is 5.65 Å². The van der Waals surface area contributed by atoms with Gasteiger partial charge in [0.15, 0.2) is 0 Å². The highest BCUT2D eigenvalue weighted by Crippen LogP contribution is 2.31. The molecule has 4 rings (SSSR count). The standard InChI is InChI=1S/C20H15F3N4O4/c1-19(12-5-7-14(8-6-12)31-20(21,22)23)17(29)27(18(30)25-19)11-13-10-16(28)26-9-3-2-4-15(26)24-13/h2-10H,11H2,1H3,(H,25,30). The molecule has 31 heavy (non-hydrogen) atoms. The van der Waals surface area contributed by atoms with E-state index in [4.69, 9.17) is 0 Å². The lowest BCUT2D eigenvalue weighted by Gasteiger charge is -2.22. The van der Waals surface area contributed by atoms with E-state index < -0.39 is 29.6 Å². The number of rotatable bonds is 4. The van der Waals surface area contributed by atoms with Crippen molar-refractivity contribution in [2.75, 3.05) is 0 Å². The summed E-state index contributed by atoms with van der Waals surface area (Å²) in [6.45, 7) is 1.20. The lowest BCUT2D eigenvalue weighted by molar-refractivity contribution is -0.274. The predicted molar refractivity (Wildman–Crippen MR) is 101 cm³/mol. The Hall–Kier alpha value is -3.89. The highest BCUT2D eigenvalue weighted by atomic mass is 19.4. The molecule has 3 aromatic rings. The summed E-state index contributed by atoms with van der Waals surface area (Å²) in [5.41, 5.74) is -1.01. The number of benzene rings is 1. The van der Waals surface area contributed by atoms with Gasteiger partial charge >= 0.3 is 12.4 Å². The molecular formula is C20H15F3N4O4. The van der Waals surface area contributed by atoms with Crippen LogP contribution in [-0.4, -0.2) is 32.6 Å². The molecule has 0 aliphatic carbocycles. The molecule has 1 aliphatic heterocycles. The van der Waals surface area contributed by atoms with E-state index in [9.17, 15) is 27.6 Å². The van der Waals surface area contributed by atoms with E-state index in [2.05, 4.69) is 15.0 Å². The van der Waals surface area contributed by atoms with Gasteiger partial charge in [0, 0.05) is 12.3 Å².